The molecule has 0 spiro atoms. The largest absolute Gasteiger partial charge is 0.378 e. The third kappa shape index (κ3) is 4.23. The molecular formula is C16H17N3O3S. The van der Waals surface area contributed by atoms with Crippen molar-refractivity contribution in [2.24, 2.45) is 5.73 Å². The molecule has 1 aliphatic rings. The fraction of sp³-hybridized carbons (Fsp3) is 0.188. The smallest absolute Gasteiger partial charge is 0.294 e. The fourth-order valence-electron chi connectivity index (χ4n) is 1.94. The van der Waals surface area contributed by atoms with Crippen molar-refractivity contribution in [2.75, 3.05) is 25.5 Å². The number of imide groups is 1. The summed E-state index contributed by atoms with van der Waals surface area (Å²) < 4.78 is 0. The highest BCUT2D eigenvalue weighted by molar-refractivity contribution is 8.18. The van der Waals surface area contributed by atoms with Crippen LogP contribution in [0.25, 0.3) is 6.08 Å². The van der Waals surface area contributed by atoms with Crippen LogP contribution in [0.2, 0.25) is 0 Å². The molecule has 1 heterocycles. The monoisotopic (exact) mass is 331 g/mol. The van der Waals surface area contributed by atoms with Gasteiger partial charge in [0.05, 0.1) is 4.91 Å². The minimum absolute atomic E-state index is 0.275. The van der Waals surface area contributed by atoms with E-state index in [0.29, 0.717) is 0 Å². The average Bonchev–Trinajstić information content (AvgIpc) is 2.75. The number of allylic oxidation sites excluding steroid dienone is 2. The fourth-order valence-corrected chi connectivity index (χ4v) is 2.73. The van der Waals surface area contributed by atoms with Crippen LogP contribution in [0.3, 0.4) is 0 Å². The molecule has 1 saturated heterocycles. The number of hydrogen-bond donors (Lipinski definition) is 1. The second-order valence-electron chi connectivity index (χ2n) is 5.10. The predicted octanol–water partition coefficient (Wildman–Crippen LogP) is 1.83. The van der Waals surface area contributed by atoms with E-state index in [1.54, 1.807) is 12.2 Å². The zero-order valence-electron chi connectivity index (χ0n) is 12.9. The lowest BCUT2D eigenvalue weighted by Gasteiger charge is -2.11. The first kappa shape index (κ1) is 16.8. The van der Waals surface area contributed by atoms with Gasteiger partial charge in [-0.3, -0.25) is 19.3 Å². The van der Waals surface area contributed by atoms with E-state index in [1.807, 2.05) is 49.3 Å². The van der Waals surface area contributed by atoms with Crippen LogP contribution >= 0.6 is 11.8 Å². The first-order valence-electron chi connectivity index (χ1n) is 6.86. The third-order valence-corrected chi connectivity index (χ3v) is 4.06. The lowest BCUT2D eigenvalue weighted by Crippen LogP contribution is -2.36. The Labute approximate surface area is 138 Å². The second-order valence-corrected chi connectivity index (χ2v) is 6.09. The van der Waals surface area contributed by atoms with E-state index in [1.165, 1.54) is 0 Å². The molecule has 7 heteroatoms. The number of carbonyl (C=O) groups is 3. The zero-order chi connectivity index (χ0) is 17.0. The van der Waals surface area contributed by atoms with Gasteiger partial charge in [-0.15, -0.1) is 0 Å². The highest BCUT2D eigenvalue weighted by Gasteiger charge is 2.35. The maximum absolute atomic E-state index is 12.0. The Morgan fingerprint density at radius 1 is 1.26 bits per heavy atom. The number of primary amides is 1. The summed E-state index contributed by atoms with van der Waals surface area (Å²) in [5, 5.41) is -0.483. The van der Waals surface area contributed by atoms with Gasteiger partial charge in [-0.25, -0.2) is 0 Å². The zero-order valence-corrected chi connectivity index (χ0v) is 13.7. The van der Waals surface area contributed by atoms with Crippen molar-refractivity contribution in [3.8, 4) is 0 Å². The van der Waals surface area contributed by atoms with Crippen LogP contribution in [0.1, 0.15) is 5.56 Å². The van der Waals surface area contributed by atoms with Gasteiger partial charge in [0.15, 0.2) is 0 Å². The summed E-state index contributed by atoms with van der Waals surface area (Å²) in [6.07, 6.45) is 5.10. The van der Waals surface area contributed by atoms with Gasteiger partial charge in [0.25, 0.3) is 11.1 Å². The van der Waals surface area contributed by atoms with E-state index in [-0.39, 0.29) is 4.91 Å². The van der Waals surface area contributed by atoms with Gasteiger partial charge in [0, 0.05) is 19.8 Å². The molecule has 0 aliphatic carbocycles. The number of nitrogens with zero attached hydrogens (tertiary/aromatic N) is 2. The number of thioether (sulfide) groups is 1. The van der Waals surface area contributed by atoms with Crippen molar-refractivity contribution in [1.29, 1.82) is 0 Å². The maximum Gasteiger partial charge on any atom is 0.294 e. The van der Waals surface area contributed by atoms with Crippen molar-refractivity contribution in [3.63, 3.8) is 0 Å². The van der Waals surface area contributed by atoms with Crippen LogP contribution in [-0.4, -0.2) is 42.6 Å². The van der Waals surface area contributed by atoms with E-state index in [0.717, 1.165) is 27.9 Å². The van der Waals surface area contributed by atoms with Crippen LogP contribution in [0.15, 0.2) is 41.3 Å². The third-order valence-electron chi connectivity index (χ3n) is 3.13. The standard InChI is InChI=1S/C16H17N3O3S/c1-18(2)12-8-6-11(7-9-12)4-3-5-13-15(21)19(10-14(17)20)16(22)23-13/h3-9H,10H2,1-2H3,(H2,17,20)/b4-3+,13-5-. The van der Waals surface area contributed by atoms with Gasteiger partial charge < -0.3 is 10.6 Å². The molecule has 1 aromatic rings. The van der Waals surface area contributed by atoms with Crippen molar-refractivity contribution >= 4 is 40.6 Å². The molecule has 0 saturated carbocycles. The van der Waals surface area contributed by atoms with Crippen LogP contribution in [-0.2, 0) is 9.59 Å². The Kier molecular flexibility index (Phi) is 5.23. The van der Waals surface area contributed by atoms with Crippen LogP contribution < -0.4 is 10.6 Å². The molecule has 0 bridgehead atoms. The van der Waals surface area contributed by atoms with Gasteiger partial charge >= 0.3 is 0 Å². The topological polar surface area (TPSA) is 83.7 Å². The highest BCUT2D eigenvalue weighted by Crippen LogP contribution is 2.30. The molecule has 23 heavy (non-hydrogen) atoms. The number of rotatable bonds is 5. The summed E-state index contributed by atoms with van der Waals surface area (Å²) in [5.74, 6) is -1.21. The van der Waals surface area contributed by atoms with Gasteiger partial charge in [-0.1, -0.05) is 24.3 Å². The normalized spacial score (nSPS) is 16.6. The summed E-state index contributed by atoms with van der Waals surface area (Å²) in [4.78, 5) is 37.6. The first-order valence-corrected chi connectivity index (χ1v) is 7.68. The Balaban J connectivity index is 2.06. The highest BCUT2D eigenvalue weighted by atomic mass is 32.2. The summed E-state index contributed by atoms with van der Waals surface area (Å²) in [7, 11) is 3.93. The van der Waals surface area contributed by atoms with Gasteiger partial charge in [-0.2, -0.15) is 0 Å². The predicted molar refractivity (Wildman–Crippen MR) is 91.8 cm³/mol. The number of benzene rings is 1. The molecule has 1 aromatic carbocycles. The molecule has 6 nitrogen and oxygen atoms in total. The molecule has 1 fully saturated rings. The average molecular weight is 331 g/mol. The van der Waals surface area contributed by atoms with Crippen molar-refractivity contribution in [3.05, 3.63) is 46.9 Å². The van der Waals surface area contributed by atoms with Crippen molar-refractivity contribution in [1.82, 2.24) is 4.90 Å². The number of amides is 3. The maximum atomic E-state index is 12.0. The molecule has 0 aromatic heterocycles. The van der Waals surface area contributed by atoms with E-state index in [4.69, 9.17) is 5.73 Å². The number of nitrogens with two attached hydrogens (primary N) is 1. The van der Waals surface area contributed by atoms with E-state index >= 15 is 0 Å². The lowest BCUT2D eigenvalue weighted by molar-refractivity contribution is -0.128. The SMILES string of the molecule is CN(C)c1ccc(/C=C/C=C2\SC(=O)N(CC(N)=O)C2=O)cc1. The minimum atomic E-state index is -0.718. The van der Waals surface area contributed by atoms with Crippen LogP contribution in [0.5, 0.6) is 0 Å². The van der Waals surface area contributed by atoms with Gasteiger partial charge in [0.2, 0.25) is 5.91 Å². The first-order chi connectivity index (χ1) is 10.9. The van der Waals surface area contributed by atoms with E-state index in [9.17, 15) is 14.4 Å². The molecule has 2 rings (SSSR count). The summed E-state index contributed by atoms with van der Waals surface area (Å²) in [6.45, 7) is -0.391. The molecule has 1 aliphatic heterocycles. The Morgan fingerprint density at radius 2 is 1.91 bits per heavy atom. The minimum Gasteiger partial charge on any atom is -0.378 e. The number of anilines is 1. The Bertz CT molecular complexity index is 693. The molecule has 120 valence electrons. The lowest BCUT2D eigenvalue weighted by atomic mass is 10.2. The summed E-state index contributed by atoms with van der Waals surface area (Å²) in [6, 6.07) is 7.89. The summed E-state index contributed by atoms with van der Waals surface area (Å²) in [5.41, 5.74) is 7.09. The summed E-state index contributed by atoms with van der Waals surface area (Å²) >= 11 is 0.798. The number of carbonyl (C=O) groups excluding carboxylic acids is 3. The van der Waals surface area contributed by atoms with Crippen molar-refractivity contribution in [2.45, 2.75) is 0 Å². The molecular weight excluding hydrogens is 314 g/mol. The van der Waals surface area contributed by atoms with Crippen LogP contribution in [0.4, 0.5) is 10.5 Å². The van der Waals surface area contributed by atoms with Crippen LogP contribution in [0, 0.1) is 0 Å². The van der Waals surface area contributed by atoms with Crippen molar-refractivity contribution < 1.29 is 14.4 Å². The van der Waals surface area contributed by atoms with Gasteiger partial charge in [-0.05, 0) is 35.5 Å². The molecule has 0 unspecified atom stereocenters. The molecule has 2 N–H and O–H groups in total. The van der Waals surface area contributed by atoms with E-state index < -0.39 is 23.6 Å². The molecule has 0 atom stereocenters. The molecule has 3 amide bonds. The van der Waals surface area contributed by atoms with E-state index in [2.05, 4.69) is 0 Å². The number of hydrogen-bond acceptors (Lipinski definition) is 5. The Hall–Kier alpha value is -2.54. The van der Waals surface area contributed by atoms with Gasteiger partial charge in [0.1, 0.15) is 6.54 Å². The Morgan fingerprint density at radius 3 is 2.48 bits per heavy atom. The quantitative estimate of drug-likeness (QED) is 0.832. The second kappa shape index (κ2) is 7.15. The molecule has 0 radical (unpaired) electrons.